The summed E-state index contributed by atoms with van der Waals surface area (Å²) < 4.78 is 0. The average Bonchev–Trinajstić information content (AvgIpc) is 2.53. The number of hydrogen-bond donors (Lipinski definition) is 2. The minimum Gasteiger partial charge on any atom is -0.396 e. The van der Waals surface area contributed by atoms with Crippen LogP contribution in [0.25, 0.3) is 0 Å². The third-order valence-corrected chi connectivity index (χ3v) is 4.49. The number of hydrogen-bond acceptors (Lipinski definition) is 4. The number of nitrogens with one attached hydrogen (secondary N) is 1. The van der Waals surface area contributed by atoms with Gasteiger partial charge in [0.25, 0.3) is 0 Å². The highest BCUT2D eigenvalue weighted by Gasteiger charge is 2.15. The van der Waals surface area contributed by atoms with Crippen LogP contribution >= 0.6 is 0 Å². The molecule has 0 amide bonds. The maximum Gasteiger partial charge on any atom is 0.153 e. The van der Waals surface area contributed by atoms with Gasteiger partial charge in [0.1, 0.15) is 0 Å². The molecule has 0 spiro atoms. The molecule has 0 saturated carbocycles. The van der Waals surface area contributed by atoms with Crippen LogP contribution in [-0.4, -0.2) is 18.1 Å². The van der Waals surface area contributed by atoms with Crippen molar-refractivity contribution < 1.29 is 0 Å². The second-order valence-electron chi connectivity index (χ2n) is 6.23. The SMILES string of the molecule is Cc1ccnc(Nc2ccc(N3CCC(C)CC3)cc2)c1N. The molecule has 3 N–H and O–H groups in total. The van der Waals surface area contributed by atoms with Gasteiger partial charge in [-0.05, 0) is 61.6 Å². The average molecular weight is 296 g/mol. The van der Waals surface area contributed by atoms with E-state index < -0.39 is 0 Å². The Morgan fingerprint density at radius 2 is 1.82 bits per heavy atom. The zero-order valence-electron chi connectivity index (χ0n) is 13.3. The van der Waals surface area contributed by atoms with Gasteiger partial charge in [-0.3, -0.25) is 0 Å². The van der Waals surface area contributed by atoms with Crippen molar-refractivity contribution in [3.8, 4) is 0 Å². The van der Waals surface area contributed by atoms with Crippen LogP contribution in [0.5, 0.6) is 0 Å². The molecule has 0 unspecified atom stereocenters. The normalized spacial score (nSPS) is 15.8. The van der Waals surface area contributed by atoms with Gasteiger partial charge in [-0.2, -0.15) is 0 Å². The maximum absolute atomic E-state index is 6.06. The van der Waals surface area contributed by atoms with Crippen molar-refractivity contribution in [2.24, 2.45) is 5.92 Å². The molecule has 0 bridgehead atoms. The largest absolute Gasteiger partial charge is 0.396 e. The fourth-order valence-electron chi connectivity index (χ4n) is 2.83. The number of nitrogens with two attached hydrogens (primary N) is 1. The molecule has 1 fully saturated rings. The Labute approximate surface area is 132 Å². The first-order valence-corrected chi connectivity index (χ1v) is 7.96. The summed E-state index contributed by atoms with van der Waals surface area (Å²) in [6.45, 7) is 6.63. The zero-order valence-corrected chi connectivity index (χ0v) is 13.3. The molecular weight excluding hydrogens is 272 g/mol. The van der Waals surface area contributed by atoms with Crippen LogP contribution in [-0.2, 0) is 0 Å². The number of nitrogen functional groups attached to an aromatic ring is 1. The summed E-state index contributed by atoms with van der Waals surface area (Å²) in [5.74, 6) is 1.58. The lowest BCUT2D eigenvalue weighted by atomic mass is 9.99. The van der Waals surface area contributed by atoms with E-state index in [-0.39, 0.29) is 0 Å². The van der Waals surface area contributed by atoms with Crippen LogP contribution in [0.1, 0.15) is 25.3 Å². The van der Waals surface area contributed by atoms with Crippen LogP contribution < -0.4 is 16.0 Å². The number of anilines is 4. The zero-order chi connectivity index (χ0) is 15.5. The molecule has 22 heavy (non-hydrogen) atoms. The fourth-order valence-corrected chi connectivity index (χ4v) is 2.83. The molecule has 4 heteroatoms. The third kappa shape index (κ3) is 3.16. The summed E-state index contributed by atoms with van der Waals surface area (Å²) in [7, 11) is 0. The molecule has 0 atom stereocenters. The van der Waals surface area contributed by atoms with E-state index in [0.717, 1.165) is 36.1 Å². The molecule has 1 saturated heterocycles. The first-order chi connectivity index (χ1) is 10.6. The van der Waals surface area contributed by atoms with Crippen molar-refractivity contribution in [1.29, 1.82) is 0 Å². The lowest BCUT2D eigenvalue weighted by Crippen LogP contribution is -2.32. The Hall–Kier alpha value is -2.23. The fraction of sp³-hybridized carbons (Fsp3) is 0.389. The van der Waals surface area contributed by atoms with Gasteiger partial charge in [-0.15, -0.1) is 0 Å². The molecule has 1 aliphatic rings. The second-order valence-corrected chi connectivity index (χ2v) is 6.23. The Kier molecular flexibility index (Phi) is 4.18. The quantitative estimate of drug-likeness (QED) is 0.900. The van der Waals surface area contributed by atoms with E-state index in [4.69, 9.17) is 5.73 Å². The van der Waals surface area contributed by atoms with Crippen molar-refractivity contribution in [3.63, 3.8) is 0 Å². The van der Waals surface area contributed by atoms with Crippen LogP contribution in [0.4, 0.5) is 22.9 Å². The van der Waals surface area contributed by atoms with Gasteiger partial charge >= 0.3 is 0 Å². The van der Waals surface area contributed by atoms with Gasteiger partial charge in [0.05, 0.1) is 5.69 Å². The molecule has 0 aliphatic carbocycles. The van der Waals surface area contributed by atoms with Crippen LogP contribution in [0.2, 0.25) is 0 Å². The summed E-state index contributed by atoms with van der Waals surface area (Å²) in [5.41, 5.74) is 10.1. The number of aryl methyl sites for hydroxylation is 1. The summed E-state index contributed by atoms with van der Waals surface area (Å²) >= 11 is 0. The van der Waals surface area contributed by atoms with Crippen LogP contribution in [0.15, 0.2) is 36.5 Å². The molecule has 2 heterocycles. The predicted molar refractivity (Wildman–Crippen MR) is 93.7 cm³/mol. The van der Waals surface area contributed by atoms with E-state index in [1.807, 2.05) is 13.0 Å². The van der Waals surface area contributed by atoms with E-state index >= 15 is 0 Å². The highest BCUT2D eigenvalue weighted by molar-refractivity contribution is 5.71. The number of nitrogens with zero attached hydrogens (tertiary/aromatic N) is 2. The molecule has 4 nitrogen and oxygen atoms in total. The first kappa shape index (κ1) is 14.7. The van der Waals surface area contributed by atoms with Crippen molar-refractivity contribution in [3.05, 3.63) is 42.1 Å². The molecule has 0 radical (unpaired) electrons. The summed E-state index contributed by atoms with van der Waals surface area (Å²) in [5, 5.41) is 3.30. The molecule has 3 rings (SSSR count). The Morgan fingerprint density at radius 1 is 1.14 bits per heavy atom. The van der Waals surface area contributed by atoms with Gasteiger partial charge in [0, 0.05) is 30.7 Å². The van der Waals surface area contributed by atoms with Gasteiger partial charge < -0.3 is 16.0 Å². The molecule has 1 aromatic carbocycles. The number of benzene rings is 1. The number of piperidine rings is 1. The van der Waals surface area contributed by atoms with Crippen LogP contribution in [0, 0.1) is 12.8 Å². The Balaban J connectivity index is 1.70. The van der Waals surface area contributed by atoms with E-state index in [9.17, 15) is 0 Å². The third-order valence-electron chi connectivity index (χ3n) is 4.49. The molecule has 1 aromatic heterocycles. The topological polar surface area (TPSA) is 54.2 Å². The monoisotopic (exact) mass is 296 g/mol. The highest BCUT2D eigenvalue weighted by atomic mass is 15.1. The van der Waals surface area contributed by atoms with Gasteiger partial charge in [-0.1, -0.05) is 6.92 Å². The van der Waals surface area contributed by atoms with Crippen molar-refractivity contribution in [1.82, 2.24) is 4.98 Å². The lowest BCUT2D eigenvalue weighted by molar-refractivity contribution is 0.438. The van der Waals surface area contributed by atoms with Crippen molar-refractivity contribution >= 4 is 22.9 Å². The second kappa shape index (κ2) is 6.26. The van der Waals surface area contributed by atoms with Gasteiger partial charge in [0.15, 0.2) is 5.82 Å². The number of pyridine rings is 1. The Bertz CT molecular complexity index is 628. The van der Waals surface area contributed by atoms with Crippen LogP contribution in [0.3, 0.4) is 0 Å². The standard InChI is InChI=1S/C18H24N4/c1-13-8-11-22(12-9-13)16-5-3-15(4-6-16)21-18-17(19)14(2)7-10-20-18/h3-7,10,13H,8-9,11-12,19H2,1-2H3,(H,20,21). The summed E-state index contributed by atoms with van der Waals surface area (Å²) in [4.78, 5) is 6.77. The minimum atomic E-state index is 0.705. The van der Waals surface area contributed by atoms with Crippen molar-refractivity contribution in [2.75, 3.05) is 29.0 Å². The van der Waals surface area contributed by atoms with E-state index in [0.29, 0.717) is 5.69 Å². The van der Waals surface area contributed by atoms with Gasteiger partial charge in [0.2, 0.25) is 0 Å². The van der Waals surface area contributed by atoms with Gasteiger partial charge in [-0.25, -0.2) is 4.98 Å². The number of aromatic nitrogens is 1. The Morgan fingerprint density at radius 3 is 2.50 bits per heavy atom. The highest BCUT2D eigenvalue weighted by Crippen LogP contribution is 2.27. The minimum absolute atomic E-state index is 0.705. The van der Waals surface area contributed by atoms with Crippen molar-refractivity contribution in [2.45, 2.75) is 26.7 Å². The summed E-state index contributed by atoms with van der Waals surface area (Å²) in [6, 6.07) is 10.4. The molecule has 116 valence electrons. The van der Waals surface area contributed by atoms with E-state index in [1.165, 1.54) is 18.5 Å². The molecule has 2 aromatic rings. The maximum atomic E-state index is 6.06. The number of rotatable bonds is 3. The smallest absolute Gasteiger partial charge is 0.153 e. The van der Waals surface area contributed by atoms with E-state index in [2.05, 4.69) is 46.4 Å². The lowest BCUT2D eigenvalue weighted by Gasteiger charge is -2.32. The van der Waals surface area contributed by atoms with E-state index in [1.54, 1.807) is 6.20 Å². The summed E-state index contributed by atoms with van der Waals surface area (Å²) in [6.07, 6.45) is 4.34. The first-order valence-electron chi connectivity index (χ1n) is 7.96. The molecular formula is C18H24N4. The predicted octanol–water partition coefficient (Wildman–Crippen LogP) is 3.95. The molecule has 1 aliphatic heterocycles.